The third kappa shape index (κ3) is 3.21. The summed E-state index contributed by atoms with van der Waals surface area (Å²) >= 11 is 0. The number of nitriles is 1. The monoisotopic (exact) mass is 236 g/mol. The largest absolute Gasteiger partial charge is 0.443 e. The predicted molar refractivity (Wildman–Crippen MR) is 62.6 cm³/mol. The molecular formula is C11H16N4O2. The van der Waals surface area contributed by atoms with Gasteiger partial charge in [0.25, 0.3) is 0 Å². The lowest BCUT2D eigenvalue weighted by Gasteiger charge is -2.23. The second-order valence-electron chi connectivity index (χ2n) is 4.66. The Morgan fingerprint density at radius 1 is 1.59 bits per heavy atom. The molecule has 0 radical (unpaired) electrons. The molecule has 6 heteroatoms. The van der Waals surface area contributed by atoms with Crippen molar-refractivity contribution in [2.75, 3.05) is 11.9 Å². The van der Waals surface area contributed by atoms with Gasteiger partial charge in [0.15, 0.2) is 5.82 Å². The van der Waals surface area contributed by atoms with E-state index < -0.39 is 11.7 Å². The standard InChI is InChI=1S/C11H16N4O2/c1-11(2,3)17-10(16)14(4)9-6-8(7-12)15(5)13-9/h6H,1-5H3. The van der Waals surface area contributed by atoms with Gasteiger partial charge in [-0.25, -0.2) is 4.79 Å². The summed E-state index contributed by atoms with van der Waals surface area (Å²) in [6.45, 7) is 5.37. The fourth-order valence-electron chi connectivity index (χ4n) is 1.14. The summed E-state index contributed by atoms with van der Waals surface area (Å²) in [7, 11) is 3.20. The van der Waals surface area contributed by atoms with E-state index in [1.807, 2.05) is 6.07 Å². The summed E-state index contributed by atoms with van der Waals surface area (Å²) in [5, 5.41) is 12.8. The van der Waals surface area contributed by atoms with E-state index in [0.717, 1.165) is 0 Å². The molecule has 0 saturated heterocycles. The van der Waals surface area contributed by atoms with Crippen molar-refractivity contribution >= 4 is 11.9 Å². The lowest BCUT2D eigenvalue weighted by atomic mass is 10.2. The summed E-state index contributed by atoms with van der Waals surface area (Å²) in [6, 6.07) is 3.51. The summed E-state index contributed by atoms with van der Waals surface area (Å²) in [5.41, 5.74) is -0.173. The minimum Gasteiger partial charge on any atom is -0.443 e. The van der Waals surface area contributed by atoms with Gasteiger partial charge in [-0.3, -0.25) is 9.58 Å². The van der Waals surface area contributed by atoms with E-state index >= 15 is 0 Å². The first kappa shape index (κ1) is 13.0. The number of hydrogen-bond acceptors (Lipinski definition) is 4. The molecule has 0 bridgehead atoms. The quantitative estimate of drug-likeness (QED) is 0.743. The highest BCUT2D eigenvalue weighted by atomic mass is 16.6. The fraction of sp³-hybridized carbons (Fsp3) is 0.545. The maximum atomic E-state index is 11.7. The van der Waals surface area contributed by atoms with Crippen molar-refractivity contribution < 1.29 is 9.53 Å². The van der Waals surface area contributed by atoms with Crippen LogP contribution in [-0.2, 0) is 11.8 Å². The van der Waals surface area contributed by atoms with E-state index in [9.17, 15) is 4.79 Å². The Bertz CT molecular complexity index is 465. The Morgan fingerprint density at radius 3 is 2.59 bits per heavy atom. The zero-order valence-corrected chi connectivity index (χ0v) is 10.7. The van der Waals surface area contributed by atoms with Crippen molar-refractivity contribution in [3.63, 3.8) is 0 Å². The van der Waals surface area contributed by atoms with Gasteiger partial charge in [-0.05, 0) is 20.8 Å². The van der Waals surface area contributed by atoms with Gasteiger partial charge in [0.05, 0.1) is 0 Å². The molecule has 1 aromatic heterocycles. The molecule has 0 aliphatic rings. The molecule has 0 saturated carbocycles. The van der Waals surface area contributed by atoms with E-state index in [0.29, 0.717) is 11.5 Å². The van der Waals surface area contributed by atoms with Crippen LogP contribution >= 0.6 is 0 Å². The average Bonchev–Trinajstić information content (AvgIpc) is 2.55. The Kier molecular flexibility index (Phi) is 3.42. The second kappa shape index (κ2) is 4.45. The van der Waals surface area contributed by atoms with Crippen LogP contribution in [-0.4, -0.2) is 28.5 Å². The van der Waals surface area contributed by atoms with Gasteiger partial charge in [0.2, 0.25) is 0 Å². The van der Waals surface area contributed by atoms with Crippen molar-refractivity contribution in [1.82, 2.24) is 9.78 Å². The molecule has 0 aliphatic heterocycles. The van der Waals surface area contributed by atoms with Gasteiger partial charge >= 0.3 is 6.09 Å². The number of nitrogens with zero attached hydrogens (tertiary/aromatic N) is 4. The number of hydrogen-bond donors (Lipinski definition) is 0. The van der Waals surface area contributed by atoms with Gasteiger partial charge in [-0.1, -0.05) is 0 Å². The molecule has 0 fully saturated rings. The number of ether oxygens (including phenoxy) is 1. The van der Waals surface area contributed by atoms with Crippen LogP contribution in [0.25, 0.3) is 0 Å². The molecule has 1 aromatic rings. The third-order valence-electron chi connectivity index (χ3n) is 1.99. The maximum Gasteiger partial charge on any atom is 0.415 e. The summed E-state index contributed by atoms with van der Waals surface area (Å²) in [5.74, 6) is 0.387. The lowest BCUT2D eigenvalue weighted by Crippen LogP contribution is -2.34. The van der Waals surface area contributed by atoms with Crippen LogP contribution in [0, 0.1) is 11.3 Å². The van der Waals surface area contributed by atoms with Gasteiger partial charge in [-0.15, -0.1) is 0 Å². The van der Waals surface area contributed by atoms with E-state index in [2.05, 4.69) is 5.10 Å². The van der Waals surface area contributed by atoms with Crippen LogP contribution in [0.3, 0.4) is 0 Å². The molecule has 92 valence electrons. The maximum absolute atomic E-state index is 11.7. The number of amides is 1. The van der Waals surface area contributed by atoms with Crippen LogP contribution in [0.5, 0.6) is 0 Å². The number of rotatable bonds is 1. The first-order valence-corrected chi connectivity index (χ1v) is 5.15. The van der Waals surface area contributed by atoms with E-state index in [1.165, 1.54) is 15.6 Å². The van der Waals surface area contributed by atoms with E-state index in [-0.39, 0.29) is 0 Å². The Labute approximate surface area is 100 Å². The SMILES string of the molecule is CN(C(=O)OC(C)(C)C)c1cc(C#N)n(C)n1. The topological polar surface area (TPSA) is 71.2 Å². The average molecular weight is 236 g/mol. The van der Waals surface area contributed by atoms with Crippen molar-refractivity contribution in [3.05, 3.63) is 11.8 Å². The van der Waals surface area contributed by atoms with Gasteiger partial charge in [-0.2, -0.15) is 10.4 Å². The number of aromatic nitrogens is 2. The smallest absolute Gasteiger partial charge is 0.415 e. The highest BCUT2D eigenvalue weighted by molar-refractivity contribution is 5.86. The molecule has 1 amide bonds. The summed E-state index contributed by atoms with van der Waals surface area (Å²) < 4.78 is 6.60. The summed E-state index contributed by atoms with van der Waals surface area (Å²) in [6.07, 6.45) is -0.500. The Morgan fingerprint density at radius 2 is 2.18 bits per heavy atom. The van der Waals surface area contributed by atoms with E-state index in [1.54, 1.807) is 34.9 Å². The Balaban J connectivity index is 2.86. The molecule has 0 N–H and O–H groups in total. The third-order valence-corrected chi connectivity index (χ3v) is 1.99. The highest BCUT2D eigenvalue weighted by Crippen LogP contribution is 2.16. The van der Waals surface area contributed by atoms with E-state index in [4.69, 9.17) is 10.00 Å². The van der Waals surface area contributed by atoms with Crippen LogP contribution in [0.15, 0.2) is 6.07 Å². The minimum atomic E-state index is -0.557. The minimum absolute atomic E-state index is 0.385. The fourth-order valence-corrected chi connectivity index (χ4v) is 1.14. The van der Waals surface area contributed by atoms with Crippen LogP contribution in [0.4, 0.5) is 10.6 Å². The zero-order valence-electron chi connectivity index (χ0n) is 10.7. The van der Waals surface area contributed by atoms with Gasteiger partial charge < -0.3 is 4.74 Å². The normalized spacial score (nSPS) is 10.8. The first-order valence-electron chi connectivity index (χ1n) is 5.15. The number of anilines is 1. The lowest BCUT2D eigenvalue weighted by molar-refractivity contribution is 0.0588. The molecule has 1 rings (SSSR count). The zero-order chi connectivity index (χ0) is 13.2. The number of aryl methyl sites for hydroxylation is 1. The van der Waals surface area contributed by atoms with Gasteiger partial charge in [0.1, 0.15) is 17.4 Å². The molecule has 0 spiro atoms. The van der Waals surface area contributed by atoms with Crippen LogP contribution in [0.1, 0.15) is 26.5 Å². The van der Waals surface area contributed by atoms with Gasteiger partial charge in [0, 0.05) is 20.2 Å². The molecule has 0 aliphatic carbocycles. The first-order chi connectivity index (χ1) is 7.74. The molecule has 0 atom stereocenters. The van der Waals surface area contributed by atoms with Crippen molar-refractivity contribution in [3.8, 4) is 6.07 Å². The van der Waals surface area contributed by atoms with Crippen LogP contribution in [0.2, 0.25) is 0 Å². The predicted octanol–water partition coefficient (Wildman–Crippen LogP) is 1.66. The molecule has 6 nitrogen and oxygen atoms in total. The second-order valence-corrected chi connectivity index (χ2v) is 4.66. The molecule has 0 unspecified atom stereocenters. The van der Waals surface area contributed by atoms with Crippen molar-refractivity contribution in [2.45, 2.75) is 26.4 Å². The molecule has 1 heterocycles. The number of carbonyl (C=O) groups is 1. The summed E-state index contributed by atoms with van der Waals surface area (Å²) in [4.78, 5) is 13.0. The van der Waals surface area contributed by atoms with Crippen LogP contribution < -0.4 is 4.90 Å². The highest BCUT2D eigenvalue weighted by Gasteiger charge is 2.22. The van der Waals surface area contributed by atoms with Crippen molar-refractivity contribution in [2.24, 2.45) is 7.05 Å². The number of carbonyl (C=O) groups excluding carboxylic acids is 1. The molecule has 0 aromatic carbocycles. The molecular weight excluding hydrogens is 220 g/mol. The Hall–Kier alpha value is -2.03. The molecule has 17 heavy (non-hydrogen) atoms. The van der Waals surface area contributed by atoms with Crippen molar-refractivity contribution in [1.29, 1.82) is 5.26 Å².